The van der Waals surface area contributed by atoms with Crippen LogP contribution in [0.3, 0.4) is 0 Å². The Morgan fingerprint density at radius 3 is 2.73 bits per heavy atom. The molecule has 2 heterocycles. The molecule has 2 aromatic heterocycles. The zero-order valence-corrected chi connectivity index (χ0v) is 15.6. The van der Waals surface area contributed by atoms with Crippen LogP contribution in [0.2, 0.25) is 0 Å². The summed E-state index contributed by atoms with van der Waals surface area (Å²) in [7, 11) is 1.43. The Morgan fingerprint density at radius 2 is 1.97 bits per heavy atom. The number of aromatic nitrogens is 4. The van der Waals surface area contributed by atoms with Crippen molar-refractivity contribution in [3.63, 3.8) is 0 Å². The van der Waals surface area contributed by atoms with E-state index in [1.165, 1.54) is 19.4 Å². The summed E-state index contributed by atoms with van der Waals surface area (Å²) in [5.74, 6) is -0.972. The Bertz CT molecular complexity index is 1370. The van der Waals surface area contributed by atoms with Gasteiger partial charge in [-0.2, -0.15) is 4.98 Å². The van der Waals surface area contributed by atoms with Gasteiger partial charge in [0.05, 0.1) is 12.8 Å². The SMILES string of the molecule is COc1ccccc1-n1c(=O)[nH]c2nc(NCc3ccc(F)cc3F)ncc2c1=O. The summed E-state index contributed by atoms with van der Waals surface area (Å²) in [4.78, 5) is 36.2. The molecular formula is C20H15F2N5O3. The quantitative estimate of drug-likeness (QED) is 0.523. The van der Waals surface area contributed by atoms with Gasteiger partial charge in [0.25, 0.3) is 5.56 Å². The number of benzene rings is 2. The van der Waals surface area contributed by atoms with Crippen LogP contribution in [-0.2, 0) is 6.54 Å². The van der Waals surface area contributed by atoms with Crippen molar-refractivity contribution in [2.24, 2.45) is 0 Å². The standard InChI is InChI=1S/C20H15F2N5O3/c1-30-16-5-3-2-4-15(16)27-18(28)13-10-24-19(25-17(13)26-20(27)29)23-9-11-6-7-12(21)8-14(11)22/h2-8,10H,9H2,1H3,(H2,23,24,25,26,29). The third kappa shape index (κ3) is 3.50. The average molecular weight is 411 g/mol. The van der Waals surface area contributed by atoms with Crippen molar-refractivity contribution >= 4 is 17.0 Å². The van der Waals surface area contributed by atoms with Crippen molar-refractivity contribution in [2.75, 3.05) is 12.4 Å². The normalized spacial score (nSPS) is 10.9. The first-order valence-electron chi connectivity index (χ1n) is 8.81. The molecular weight excluding hydrogens is 396 g/mol. The second kappa shape index (κ2) is 7.74. The lowest BCUT2D eigenvalue weighted by atomic mass is 10.2. The zero-order valence-electron chi connectivity index (χ0n) is 15.6. The van der Waals surface area contributed by atoms with E-state index in [9.17, 15) is 18.4 Å². The van der Waals surface area contributed by atoms with E-state index in [1.54, 1.807) is 24.3 Å². The second-order valence-electron chi connectivity index (χ2n) is 6.29. The van der Waals surface area contributed by atoms with Gasteiger partial charge in [-0.3, -0.25) is 9.78 Å². The molecule has 0 spiro atoms. The van der Waals surface area contributed by atoms with Crippen LogP contribution in [0.1, 0.15) is 5.56 Å². The summed E-state index contributed by atoms with van der Waals surface area (Å²) in [6.45, 7) is -0.0138. The van der Waals surface area contributed by atoms with Crippen LogP contribution < -0.4 is 21.3 Å². The van der Waals surface area contributed by atoms with E-state index in [4.69, 9.17) is 4.74 Å². The minimum atomic E-state index is -0.712. The van der Waals surface area contributed by atoms with Crippen molar-refractivity contribution in [3.05, 3.63) is 86.7 Å². The number of hydrogen-bond donors (Lipinski definition) is 2. The Morgan fingerprint density at radius 1 is 1.17 bits per heavy atom. The molecule has 8 nitrogen and oxygen atoms in total. The number of anilines is 1. The van der Waals surface area contributed by atoms with E-state index >= 15 is 0 Å². The molecule has 0 atom stereocenters. The molecule has 4 rings (SSSR count). The van der Waals surface area contributed by atoms with Crippen LogP contribution in [0.25, 0.3) is 16.7 Å². The maximum Gasteiger partial charge on any atom is 0.334 e. The molecule has 0 saturated carbocycles. The van der Waals surface area contributed by atoms with Gasteiger partial charge in [-0.05, 0) is 18.2 Å². The Hall–Kier alpha value is -4.08. The number of methoxy groups -OCH3 is 1. The number of halogens is 2. The Labute approximate surface area is 167 Å². The first kappa shape index (κ1) is 19.2. The van der Waals surface area contributed by atoms with Crippen LogP contribution >= 0.6 is 0 Å². The summed E-state index contributed by atoms with van der Waals surface area (Å²) in [5.41, 5.74) is -0.809. The number of rotatable bonds is 5. The summed E-state index contributed by atoms with van der Waals surface area (Å²) < 4.78 is 32.9. The van der Waals surface area contributed by atoms with Crippen molar-refractivity contribution < 1.29 is 13.5 Å². The van der Waals surface area contributed by atoms with Crippen molar-refractivity contribution in [3.8, 4) is 11.4 Å². The van der Waals surface area contributed by atoms with Gasteiger partial charge in [0.2, 0.25) is 5.95 Å². The molecule has 152 valence electrons. The van der Waals surface area contributed by atoms with E-state index in [-0.39, 0.29) is 34.8 Å². The van der Waals surface area contributed by atoms with Crippen LogP contribution in [0.4, 0.5) is 14.7 Å². The number of aromatic amines is 1. The molecule has 10 heteroatoms. The Balaban J connectivity index is 1.71. The molecule has 2 N–H and O–H groups in total. The number of para-hydroxylation sites is 2. The van der Waals surface area contributed by atoms with Crippen molar-refractivity contribution in [1.29, 1.82) is 0 Å². The predicted octanol–water partition coefficient (Wildman–Crippen LogP) is 2.37. The van der Waals surface area contributed by atoms with E-state index in [0.717, 1.165) is 16.7 Å². The van der Waals surface area contributed by atoms with E-state index in [2.05, 4.69) is 20.3 Å². The van der Waals surface area contributed by atoms with Gasteiger partial charge in [0.1, 0.15) is 22.8 Å². The van der Waals surface area contributed by atoms with Crippen molar-refractivity contribution in [1.82, 2.24) is 19.5 Å². The number of ether oxygens (including phenoxy) is 1. The molecule has 2 aromatic carbocycles. The highest BCUT2D eigenvalue weighted by molar-refractivity contribution is 5.73. The maximum atomic E-state index is 13.8. The number of nitrogens with zero attached hydrogens (tertiary/aromatic N) is 3. The highest BCUT2D eigenvalue weighted by Gasteiger charge is 2.15. The maximum absolute atomic E-state index is 13.8. The average Bonchev–Trinajstić information content (AvgIpc) is 2.73. The third-order valence-corrected chi connectivity index (χ3v) is 4.43. The number of H-pyrrole nitrogens is 1. The Kier molecular flexibility index (Phi) is 4.97. The lowest BCUT2D eigenvalue weighted by Gasteiger charge is -2.11. The molecule has 0 fully saturated rings. The number of hydrogen-bond acceptors (Lipinski definition) is 6. The molecule has 4 aromatic rings. The molecule has 0 aliphatic carbocycles. The molecule has 0 aliphatic heterocycles. The van der Waals surface area contributed by atoms with Gasteiger partial charge in [0, 0.05) is 24.4 Å². The van der Waals surface area contributed by atoms with Gasteiger partial charge in [-0.1, -0.05) is 18.2 Å². The minimum absolute atomic E-state index is 0.0138. The third-order valence-electron chi connectivity index (χ3n) is 4.43. The second-order valence-corrected chi connectivity index (χ2v) is 6.29. The topological polar surface area (TPSA) is 102 Å². The molecule has 0 aliphatic rings. The fourth-order valence-electron chi connectivity index (χ4n) is 2.96. The van der Waals surface area contributed by atoms with Gasteiger partial charge in [-0.25, -0.2) is 23.1 Å². The predicted molar refractivity (Wildman–Crippen MR) is 106 cm³/mol. The number of fused-ring (bicyclic) bond motifs is 1. The summed E-state index contributed by atoms with van der Waals surface area (Å²) >= 11 is 0. The lowest BCUT2D eigenvalue weighted by Crippen LogP contribution is -2.34. The number of nitrogens with one attached hydrogen (secondary N) is 2. The van der Waals surface area contributed by atoms with Gasteiger partial charge < -0.3 is 10.1 Å². The molecule has 0 amide bonds. The first-order chi connectivity index (χ1) is 14.5. The fraction of sp³-hybridized carbons (Fsp3) is 0.100. The van der Waals surface area contributed by atoms with Gasteiger partial charge in [0.15, 0.2) is 5.65 Å². The smallest absolute Gasteiger partial charge is 0.334 e. The highest BCUT2D eigenvalue weighted by atomic mass is 19.1. The van der Waals surface area contributed by atoms with E-state index in [1.807, 2.05) is 0 Å². The molecule has 0 bridgehead atoms. The largest absolute Gasteiger partial charge is 0.495 e. The highest BCUT2D eigenvalue weighted by Crippen LogP contribution is 2.19. The summed E-state index contributed by atoms with van der Waals surface area (Å²) in [6, 6.07) is 9.81. The molecule has 30 heavy (non-hydrogen) atoms. The summed E-state index contributed by atoms with van der Waals surface area (Å²) in [6.07, 6.45) is 1.26. The van der Waals surface area contributed by atoms with Crippen LogP contribution in [-0.4, -0.2) is 26.6 Å². The monoisotopic (exact) mass is 411 g/mol. The summed E-state index contributed by atoms with van der Waals surface area (Å²) in [5, 5.41) is 2.86. The minimum Gasteiger partial charge on any atom is -0.495 e. The molecule has 0 radical (unpaired) electrons. The van der Waals surface area contributed by atoms with Gasteiger partial charge in [-0.15, -0.1) is 0 Å². The van der Waals surface area contributed by atoms with Gasteiger partial charge >= 0.3 is 5.69 Å². The van der Waals surface area contributed by atoms with E-state index in [0.29, 0.717) is 5.75 Å². The van der Waals surface area contributed by atoms with Crippen LogP contribution in [0, 0.1) is 11.6 Å². The molecule has 0 saturated heterocycles. The van der Waals surface area contributed by atoms with Crippen molar-refractivity contribution in [2.45, 2.75) is 6.54 Å². The zero-order chi connectivity index (χ0) is 21.3. The first-order valence-corrected chi connectivity index (χ1v) is 8.81. The molecule has 0 unspecified atom stereocenters. The van der Waals surface area contributed by atoms with Crippen LogP contribution in [0.15, 0.2) is 58.3 Å². The lowest BCUT2D eigenvalue weighted by molar-refractivity contribution is 0.412. The van der Waals surface area contributed by atoms with Crippen LogP contribution in [0.5, 0.6) is 5.75 Å². The fourth-order valence-corrected chi connectivity index (χ4v) is 2.96. The van der Waals surface area contributed by atoms with E-state index < -0.39 is 22.9 Å².